The first kappa shape index (κ1) is 16.2. The first-order valence-corrected chi connectivity index (χ1v) is 9.10. The number of hydrogen-bond acceptors (Lipinski definition) is 4. The number of rotatable bonds is 8. The second-order valence-electron chi connectivity index (χ2n) is 5.81. The van der Waals surface area contributed by atoms with E-state index in [1.807, 2.05) is 0 Å². The molecule has 1 saturated carbocycles. The van der Waals surface area contributed by atoms with Crippen molar-refractivity contribution in [1.29, 1.82) is 0 Å². The smallest absolute Gasteiger partial charge is 0.279 e. The van der Waals surface area contributed by atoms with Gasteiger partial charge >= 0.3 is 0 Å². The van der Waals surface area contributed by atoms with Crippen LogP contribution in [0.5, 0.6) is 0 Å². The highest BCUT2D eigenvalue weighted by molar-refractivity contribution is 7.87. The van der Waals surface area contributed by atoms with Crippen LogP contribution in [0.1, 0.15) is 32.6 Å². The van der Waals surface area contributed by atoms with E-state index >= 15 is 0 Å². The molecule has 1 heterocycles. The van der Waals surface area contributed by atoms with Gasteiger partial charge in [0.2, 0.25) is 0 Å². The molecule has 1 saturated heterocycles. The van der Waals surface area contributed by atoms with Crippen molar-refractivity contribution in [2.24, 2.45) is 5.92 Å². The molecule has 0 aromatic heterocycles. The molecule has 7 heteroatoms. The fourth-order valence-electron chi connectivity index (χ4n) is 2.84. The summed E-state index contributed by atoms with van der Waals surface area (Å²) in [5.41, 5.74) is 0. The molecule has 1 aliphatic heterocycles. The SMILES string of the molecule is CCN(CCNS(=O)(=O)N1CCCC(CO)C1)C1CC1. The van der Waals surface area contributed by atoms with E-state index in [1.54, 1.807) is 0 Å². The Kier molecular flexibility index (Phi) is 5.80. The van der Waals surface area contributed by atoms with Gasteiger partial charge in [0, 0.05) is 38.8 Å². The molecule has 6 nitrogen and oxygen atoms in total. The molecule has 2 fully saturated rings. The van der Waals surface area contributed by atoms with Gasteiger partial charge < -0.3 is 5.11 Å². The monoisotopic (exact) mass is 305 g/mol. The first-order valence-electron chi connectivity index (χ1n) is 7.66. The Balaban J connectivity index is 1.77. The highest BCUT2D eigenvalue weighted by Gasteiger charge is 2.30. The van der Waals surface area contributed by atoms with Crippen LogP contribution in [0.25, 0.3) is 0 Å². The van der Waals surface area contributed by atoms with Gasteiger partial charge in [-0.2, -0.15) is 12.7 Å². The van der Waals surface area contributed by atoms with Gasteiger partial charge in [0.15, 0.2) is 0 Å². The van der Waals surface area contributed by atoms with Crippen molar-refractivity contribution in [3.63, 3.8) is 0 Å². The number of nitrogens with one attached hydrogen (secondary N) is 1. The van der Waals surface area contributed by atoms with Crippen LogP contribution in [0.3, 0.4) is 0 Å². The second kappa shape index (κ2) is 7.17. The molecule has 2 N–H and O–H groups in total. The van der Waals surface area contributed by atoms with E-state index in [-0.39, 0.29) is 12.5 Å². The van der Waals surface area contributed by atoms with Crippen LogP contribution in [0.15, 0.2) is 0 Å². The van der Waals surface area contributed by atoms with Crippen molar-refractivity contribution in [3.05, 3.63) is 0 Å². The minimum atomic E-state index is -3.39. The normalized spacial score (nSPS) is 25.2. The predicted octanol–water partition coefficient (Wildman–Crippen LogP) is 0.00940. The van der Waals surface area contributed by atoms with Crippen molar-refractivity contribution < 1.29 is 13.5 Å². The Labute approximate surface area is 122 Å². The van der Waals surface area contributed by atoms with Gasteiger partial charge in [-0.05, 0) is 38.1 Å². The van der Waals surface area contributed by atoms with Crippen molar-refractivity contribution in [1.82, 2.24) is 13.9 Å². The Morgan fingerprint density at radius 1 is 1.35 bits per heavy atom. The minimum Gasteiger partial charge on any atom is -0.396 e. The van der Waals surface area contributed by atoms with Crippen LogP contribution < -0.4 is 4.72 Å². The molecule has 0 aromatic rings. The van der Waals surface area contributed by atoms with Crippen LogP contribution in [0.2, 0.25) is 0 Å². The van der Waals surface area contributed by atoms with Crippen molar-refractivity contribution in [2.45, 2.75) is 38.6 Å². The topological polar surface area (TPSA) is 72.9 Å². The van der Waals surface area contributed by atoms with Crippen LogP contribution in [0.4, 0.5) is 0 Å². The summed E-state index contributed by atoms with van der Waals surface area (Å²) in [6.07, 6.45) is 4.22. The van der Waals surface area contributed by atoms with Gasteiger partial charge in [0.25, 0.3) is 10.2 Å². The third-order valence-corrected chi connectivity index (χ3v) is 5.81. The third-order valence-electron chi connectivity index (χ3n) is 4.23. The lowest BCUT2D eigenvalue weighted by Gasteiger charge is -2.31. The Morgan fingerprint density at radius 2 is 2.10 bits per heavy atom. The molecule has 0 spiro atoms. The summed E-state index contributed by atoms with van der Waals surface area (Å²) >= 11 is 0. The molecular weight excluding hydrogens is 278 g/mol. The lowest BCUT2D eigenvalue weighted by molar-refractivity contribution is 0.164. The number of aliphatic hydroxyl groups excluding tert-OH is 1. The molecule has 2 rings (SSSR count). The lowest BCUT2D eigenvalue weighted by Crippen LogP contribution is -2.48. The van der Waals surface area contributed by atoms with E-state index in [0.717, 1.165) is 25.9 Å². The van der Waals surface area contributed by atoms with Crippen molar-refractivity contribution in [3.8, 4) is 0 Å². The molecule has 1 aliphatic carbocycles. The van der Waals surface area contributed by atoms with Crippen molar-refractivity contribution in [2.75, 3.05) is 39.3 Å². The second-order valence-corrected chi connectivity index (χ2v) is 7.56. The highest BCUT2D eigenvalue weighted by Crippen LogP contribution is 2.25. The molecule has 1 atom stereocenters. The van der Waals surface area contributed by atoms with Gasteiger partial charge in [0.05, 0.1) is 0 Å². The quantitative estimate of drug-likeness (QED) is 0.662. The van der Waals surface area contributed by atoms with E-state index in [2.05, 4.69) is 16.5 Å². The fourth-order valence-corrected chi connectivity index (χ4v) is 4.15. The molecule has 2 aliphatic rings. The third kappa shape index (κ3) is 4.39. The lowest BCUT2D eigenvalue weighted by atomic mass is 10.0. The Bertz CT molecular complexity index is 398. The van der Waals surface area contributed by atoms with Crippen LogP contribution in [-0.2, 0) is 10.2 Å². The largest absolute Gasteiger partial charge is 0.396 e. The number of hydrogen-bond donors (Lipinski definition) is 2. The zero-order valence-electron chi connectivity index (χ0n) is 12.3. The zero-order valence-corrected chi connectivity index (χ0v) is 13.1. The zero-order chi connectivity index (χ0) is 14.6. The van der Waals surface area contributed by atoms with E-state index in [0.29, 0.717) is 25.7 Å². The molecule has 20 heavy (non-hydrogen) atoms. The van der Waals surface area contributed by atoms with Crippen LogP contribution in [0, 0.1) is 5.92 Å². The summed E-state index contributed by atoms with van der Waals surface area (Å²) in [5, 5.41) is 9.17. The molecular formula is C13H27N3O3S. The molecule has 118 valence electrons. The van der Waals surface area contributed by atoms with Crippen LogP contribution >= 0.6 is 0 Å². The highest BCUT2D eigenvalue weighted by atomic mass is 32.2. The maximum absolute atomic E-state index is 12.2. The maximum Gasteiger partial charge on any atom is 0.279 e. The van der Waals surface area contributed by atoms with E-state index in [4.69, 9.17) is 0 Å². The number of aliphatic hydroxyl groups is 1. The standard InChI is InChI=1S/C13H27N3O3S/c1-2-15(13-5-6-13)9-7-14-20(18,19)16-8-3-4-12(10-16)11-17/h12-14,17H,2-11H2,1H3. The number of piperidine rings is 1. The molecule has 0 bridgehead atoms. The number of nitrogens with zero attached hydrogens (tertiary/aromatic N) is 2. The van der Waals surface area contributed by atoms with Gasteiger partial charge in [-0.15, -0.1) is 0 Å². The molecule has 0 radical (unpaired) electrons. The average molecular weight is 305 g/mol. The van der Waals surface area contributed by atoms with Crippen LogP contribution in [-0.4, -0.2) is 68.1 Å². The summed E-state index contributed by atoms with van der Waals surface area (Å²) in [5.74, 6) is 0.0823. The van der Waals surface area contributed by atoms with Gasteiger partial charge in [0.1, 0.15) is 0 Å². The van der Waals surface area contributed by atoms with Crippen molar-refractivity contribution >= 4 is 10.2 Å². The summed E-state index contributed by atoms with van der Waals surface area (Å²) in [6, 6.07) is 0.665. The summed E-state index contributed by atoms with van der Waals surface area (Å²) in [4.78, 5) is 2.33. The van der Waals surface area contributed by atoms with E-state index in [9.17, 15) is 13.5 Å². The molecule has 0 aromatic carbocycles. The average Bonchev–Trinajstić information content (AvgIpc) is 3.28. The molecule has 1 unspecified atom stereocenters. The van der Waals surface area contributed by atoms with Gasteiger partial charge in [-0.1, -0.05) is 6.92 Å². The summed E-state index contributed by atoms with van der Waals surface area (Å²) in [6.45, 7) is 5.39. The summed E-state index contributed by atoms with van der Waals surface area (Å²) in [7, 11) is -3.39. The Morgan fingerprint density at radius 3 is 2.70 bits per heavy atom. The minimum absolute atomic E-state index is 0.0668. The maximum atomic E-state index is 12.2. The van der Waals surface area contributed by atoms with Gasteiger partial charge in [-0.25, -0.2) is 4.72 Å². The Hall–Kier alpha value is -0.210. The van der Waals surface area contributed by atoms with E-state index in [1.165, 1.54) is 17.1 Å². The number of likely N-dealkylation sites (N-methyl/N-ethyl adjacent to an activating group) is 1. The molecule has 0 amide bonds. The van der Waals surface area contributed by atoms with E-state index < -0.39 is 10.2 Å². The predicted molar refractivity (Wildman–Crippen MR) is 78.6 cm³/mol. The summed E-state index contributed by atoms with van der Waals surface area (Å²) < 4.78 is 28.6. The fraction of sp³-hybridized carbons (Fsp3) is 1.00. The first-order chi connectivity index (χ1) is 9.56. The van der Waals surface area contributed by atoms with Gasteiger partial charge in [-0.3, -0.25) is 4.90 Å².